The van der Waals surface area contributed by atoms with Crippen LogP contribution < -0.4 is 10.2 Å². The summed E-state index contributed by atoms with van der Waals surface area (Å²) < 4.78 is 7.43. The first kappa shape index (κ1) is 21.7. The molecule has 4 rings (SSSR count). The number of rotatable bonds is 7. The third-order valence-corrected chi connectivity index (χ3v) is 5.90. The van der Waals surface area contributed by atoms with Crippen LogP contribution in [0.3, 0.4) is 0 Å². The Bertz CT molecular complexity index is 855. The van der Waals surface area contributed by atoms with E-state index in [1.165, 1.54) is 0 Å². The zero-order valence-corrected chi connectivity index (χ0v) is 17.7. The molecule has 0 spiro atoms. The molecule has 4 atom stereocenters. The summed E-state index contributed by atoms with van der Waals surface area (Å²) in [5.41, 5.74) is 1.93. The van der Waals surface area contributed by atoms with Crippen LogP contribution in [0, 0.1) is 0 Å². The van der Waals surface area contributed by atoms with Crippen molar-refractivity contribution in [3.05, 3.63) is 42.2 Å². The molecule has 10 heteroatoms. The smallest absolute Gasteiger partial charge is 0.225 e. The van der Waals surface area contributed by atoms with Gasteiger partial charge in [-0.15, -0.1) is 5.10 Å². The minimum absolute atomic E-state index is 0.0441. The van der Waals surface area contributed by atoms with Crippen LogP contribution in [-0.2, 0) is 22.6 Å². The summed E-state index contributed by atoms with van der Waals surface area (Å²) in [6.45, 7) is 3.61. The molecule has 10 nitrogen and oxygen atoms in total. The number of nitrogens with one attached hydrogen (secondary N) is 1. The van der Waals surface area contributed by atoms with Crippen molar-refractivity contribution in [3.63, 3.8) is 0 Å². The Morgan fingerprint density at radius 1 is 1.13 bits per heavy atom. The molecule has 31 heavy (non-hydrogen) atoms. The second-order valence-electron chi connectivity index (χ2n) is 8.06. The standard InChI is InChI=1S/C21H30N6O4/c1-22-12-15-13-27(24-23-15)14-18-21(30)20(29)17(31-18)11-19(28)26-9-7-25(8-10-26)16-5-3-2-4-6-16/h2-6,13,17-18,20-22,29-30H,7-12,14H2,1H3/t17-,18-,20-,21+/m0/s1. The highest BCUT2D eigenvalue weighted by molar-refractivity contribution is 5.77. The Balaban J connectivity index is 1.28. The van der Waals surface area contributed by atoms with Gasteiger partial charge in [0, 0.05) is 44.6 Å². The number of anilines is 1. The van der Waals surface area contributed by atoms with Crippen molar-refractivity contribution in [2.75, 3.05) is 38.1 Å². The van der Waals surface area contributed by atoms with Crippen LogP contribution in [-0.4, -0.2) is 93.7 Å². The highest BCUT2D eigenvalue weighted by atomic mass is 16.5. The number of aliphatic hydroxyl groups is 2. The SMILES string of the molecule is CNCc1cn(C[C@@H]2O[C@@H](CC(=O)N3CCN(c4ccccc4)CC3)[C@H](O)[C@@H]2O)nn1. The number of piperazine rings is 1. The van der Waals surface area contributed by atoms with Crippen molar-refractivity contribution in [2.45, 2.75) is 43.9 Å². The van der Waals surface area contributed by atoms with Gasteiger partial charge in [-0.05, 0) is 19.2 Å². The Hall–Kier alpha value is -2.53. The van der Waals surface area contributed by atoms with Crippen LogP contribution in [0.1, 0.15) is 12.1 Å². The van der Waals surface area contributed by atoms with E-state index in [0.717, 1.165) is 24.5 Å². The maximum absolute atomic E-state index is 12.8. The molecular formula is C21H30N6O4. The van der Waals surface area contributed by atoms with Crippen LogP contribution >= 0.6 is 0 Å². The third-order valence-electron chi connectivity index (χ3n) is 5.90. The molecule has 168 valence electrons. The number of amides is 1. The lowest BCUT2D eigenvalue weighted by atomic mass is 10.0. The lowest BCUT2D eigenvalue weighted by Crippen LogP contribution is -2.49. The lowest BCUT2D eigenvalue weighted by Gasteiger charge is -2.36. The Kier molecular flexibility index (Phi) is 6.81. The number of carbonyl (C=O) groups is 1. The van der Waals surface area contributed by atoms with E-state index in [4.69, 9.17) is 4.74 Å². The van der Waals surface area contributed by atoms with Gasteiger partial charge in [-0.25, -0.2) is 4.68 Å². The van der Waals surface area contributed by atoms with Crippen molar-refractivity contribution in [2.24, 2.45) is 0 Å². The minimum atomic E-state index is -1.11. The molecule has 0 radical (unpaired) electrons. The molecule has 2 aliphatic rings. The first-order valence-electron chi connectivity index (χ1n) is 10.7. The second-order valence-corrected chi connectivity index (χ2v) is 8.06. The predicted molar refractivity (Wildman–Crippen MR) is 113 cm³/mol. The van der Waals surface area contributed by atoms with Crippen molar-refractivity contribution >= 4 is 11.6 Å². The molecule has 0 unspecified atom stereocenters. The fourth-order valence-corrected chi connectivity index (χ4v) is 4.17. The van der Waals surface area contributed by atoms with Crippen molar-refractivity contribution in [1.29, 1.82) is 0 Å². The first-order valence-corrected chi connectivity index (χ1v) is 10.7. The predicted octanol–water partition coefficient (Wildman–Crippen LogP) is -0.774. The van der Waals surface area contributed by atoms with E-state index >= 15 is 0 Å². The summed E-state index contributed by atoms with van der Waals surface area (Å²) in [6, 6.07) is 10.1. The number of carbonyl (C=O) groups excluding carboxylic acids is 1. The summed E-state index contributed by atoms with van der Waals surface area (Å²) in [5.74, 6) is -0.0679. The first-order chi connectivity index (χ1) is 15.0. The van der Waals surface area contributed by atoms with Crippen molar-refractivity contribution in [1.82, 2.24) is 25.2 Å². The average molecular weight is 431 g/mol. The normalized spacial score (nSPS) is 26.4. The summed E-state index contributed by atoms with van der Waals surface area (Å²) >= 11 is 0. The van der Waals surface area contributed by atoms with Crippen LogP contribution in [0.5, 0.6) is 0 Å². The number of nitrogens with zero attached hydrogens (tertiary/aromatic N) is 5. The maximum atomic E-state index is 12.8. The molecule has 1 aromatic carbocycles. The number of ether oxygens (including phenoxy) is 1. The van der Waals surface area contributed by atoms with Gasteiger partial charge in [0.1, 0.15) is 18.3 Å². The summed E-state index contributed by atoms with van der Waals surface area (Å²) in [6.07, 6.45) is -1.76. The van der Waals surface area contributed by atoms with Crippen LogP contribution in [0.2, 0.25) is 0 Å². The highest BCUT2D eigenvalue weighted by Crippen LogP contribution is 2.26. The fourth-order valence-electron chi connectivity index (χ4n) is 4.17. The van der Waals surface area contributed by atoms with E-state index in [9.17, 15) is 15.0 Å². The van der Waals surface area contributed by atoms with Crippen LogP contribution in [0.25, 0.3) is 0 Å². The zero-order chi connectivity index (χ0) is 21.8. The van der Waals surface area contributed by atoms with E-state index in [0.29, 0.717) is 19.6 Å². The van der Waals surface area contributed by atoms with Gasteiger partial charge in [0.05, 0.1) is 24.8 Å². The van der Waals surface area contributed by atoms with Gasteiger partial charge >= 0.3 is 0 Å². The summed E-state index contributed by atoms with van der Waals surface area (Å²) in [7, 11) is 1.82. The summed E-state index contributed by atoms with van der Waals surface area (Å²) in [4.78, 5) is 16.8. The van der Waals surface area contributed by atoms with E-state index in [1.54, 1.807) is 15.8 Å². The van der Waals surface area contributed by atoms with Gasteiger partial charge < -0.3 is 30.1 Å². The summed E-state index contributed by atoms with van der Waals surface area (Å²) in [5, 5.41) is 31.9. The Labute approximate surface area is 181 Å². The van der Waals surface area contributed by atoms with E-state index in [2.05, 4.69) is 32.7 Å². The van der Waals surface area contributed by atoms with E-state index < -0.39 is 24.4 Å². The molecule has 0 saturated carbocycles. The third kappa shape index (κ3) is 5.04. The molecule has 2 saturated heterocycles. The average Bonchev–Trinajstić information content (AvgIpc) is 3.34. The second kappa shape index (κ2) is 9.73. The quantitative estimate of drug-likeness (QED) is 0.524. The molecule has 0 bridgehead atoms. The molecule has 2 aromatic rings. The molecular weight excluding hydrogens is 400 g/mol. The van der Waals surface area contributed by atoms with Crippen molar-refractivity contribution < 1.29 is 19.7 Å². The Morgan fingerprint density at radius 2 is 1.84 bits per heavy atom. The van der Waals surface area contributed by atoms with Gasteiger partial charge in [-0.1, -0.05) is 23.4 Å². The number of hydrogen-bond acceptors (Lipinski definition) is 8. The number of benzene rings is 1. The molecule has 3 heterocycles. The van der Waals surface area contributed by atoms with Gasteiger partial charge in [-0.3, -0.25) is 4.79 Å². The van der Waals surface area contributed by atoms with E-state index in [1.807, 2.05) is 25.2 Å². The van der Waals surface area contributed by atoms with Gasteiger partial charge in [0.25, 0.3) is 0 Å². The largest absolute Gasteiger partial charge is 0.388 e. The number of para-hydroxylation sites is 1. The molecule has 0 aliphatic carbocycles. The van der Waals surface area contributed by atoms with Crippen LogP contribution in [0.4, 0.5) is 5.69 Å². The number of aromatic nitrogens is 3. The van der Waals surface area contributed by atoms with E-state index in [-0.39, 0.29) is 18.9 Å². The topological polar surface area (TPSA) is 116 Å². The number of hydrogen-bond donors (Lipinski definition) is 3. The highest BCUT2D eigenvalue weighted by Gasteiger charge is 2.44. The molecule has 1 aromatic heterocycles. The zero-order valence-electron chi connectivity index (χ0n) is 17.7. The maximum Gasteiger partial charge on any atom is 0.225 e. The molecule has 2 fully saturated rings. The van der Waals surface area contributed by atoms with Gasteiger partial charge in [0.15, 0.2) is 0 Å². The van der Waals surface area contributed by atoms with Crippen molar-refractivity contribution in [3.8, 4) is 0 Å². The van der Waals surface area contributed by atoms with Crippen LogP contribution in [0.15, 0.2) is 36.5 Å². The molecule has 1 amide bonds. The number of aliphatic hydroxyl groups excluding tert-OH is 2. The fraction of sp³-hybridized carbons (Fsp3) is 0.571. The minimum Gasteiger partial charge on any atom is -0.388 e. The molecule has 3 N–H and O–H groups in total. The lowest BCUT2D eigenvalue weighted by molar-refractivity contribution is -0.135. The monoisotopic (exact) mass is 430 g/mol. The molecule has 2 aliphatic heterocycles. The Morgan fingerprint density at radius 3 is 2.55 bits per heavy atom. The van der Waals surface area contributed by atoms with Gasteiger partial charge in [0.2, 0.25) is 5.91 Å². The van der Waals surface area contributed by atoms with Gasteiger partial charge in [-0.2, -0.15) is 0 Å².